The molecule has 1 saturated carbocycles. The van der Waals surface area contributed by atoms with Gasteiger partial charge in [0.05, 0.1) is 7.11 Å². The Balaban J connectivity index is 1.63. The lowest BCUT2D eigenvalue weighted by molar-refractivity contribution is 0.242. The zero-order valence-electron chi connectivity index (χ0n) is 12.0. The van der Waals surface area contributed by atoms with Gasteiger partial charge in [-0.25, -0.2) is 0 Å². The maximum atomic E-state index is 5.34. The maximum Gasteiger partial charge on any atom is 0.119 e. The van der Waals surface area contributed by atoms with Crippen LogP contribution in [0.3, 0.4) is 0 Å². The average molecular weight is 259 g/mol. The largest absolute Gasteiger partial charge is 0.497 e. The molecule has 1 fully saturated rings. The summed E-state index contributed by atoms with van der Waals surface area (Å²) in [6, 6.07) is 6.59. The number of hydrogen-bond acceptors (Lipinski definition) is 2. The van der Waals surface area contributed by atoms with E-state index in [0.29, 0.717) is 0 Å². The highest BCUT2D eigenvalue weighted by Gasteiger charge is 2.20. The highest BCUT2D eigenvalue weighted by Crippen LogP contribution is 2.27. The number of rotatable bonds is 3. The second kappa shape index (κ2) is 5.96. The second-order valence-corrected chi connectivity index (χ2v) is 6.09. The molecule has 2 nitrogen and oxygen atoms in total. The van der Waals surface area contributed by atoms with E-state index in [1.807, 2.05) is 0 Å². The first kappa shape index (κ1) is 13.0. The van der Waals surface area contributed by atoms with Crippen molar-refractivity contribution < 1.29 is 4.74 Å². The van der Waals surface area contributed by atoms with Gasteiger partial charge < -0.3 is 9.64 Å². The maximum absolute atomic E-state index is 5.34. The summed E-state index contributed by atoms with van der Waals surface area (Å²) in [5, 5.41) is 0. The van der Waals surface area contributed by atoms with Gasteiger partial charge >= 0.3 is 0 Å². The number of nitrogens with zero attached hydrogens (tertiary/aromatic N) is 1. The molecule has 3 rings (SSSR count). The summed E-state index contributed by atoms with van der Waals surface area (Å²) in [4.78, 5) is 2.68. The van der Waals surface area contributed by atoms with Crippen LogP contribution in [0.5, 0.6) is 5.75 Å². The van der Waals surface area contributed by atoms with Crippen molar-refractivity contribution in [2.75, 3.05) is 26.7 Å². The summed E-state index contributed by atoms with van der Waals surface area (Å²) < 4.78 is 5.34. The fourth-order valence-electron chi connectivity index (χ4n) is 3.62. The zero-order valence-corrected chi connectivity index (χ0v) is 12.0. The van der Waals surface area contributed by atoms with E-state index in [2.05, 4.69) is 23.1 Å². The molecule has 0 spiro atoms. The Hall–Kier alpha value is -1.02. The summed E-state index contributed by atoms with van der Waals surface area (Å²) in [6.07, 6.45) is 8.20. The SMILES string of the molecule is COc1ccc2c(c1)CCN(CC1CCCC1)CC2. The fraction of sp³-hybridized carbons (Fsp3) is 0.647. The average Bonchev–Trinajstić information content (AvgIpc) is 2.87. The van der Waals surface area contributed by atoms with Gasteiger partial charge in [0.25, 0.3) is 0 Å². The Morgan fingerprint density at radius 2 is 1.84 bits per heavy atom. The minimum Gasteiger partial charge on any atom is -0.497 e. The van der Waals surface area contributed by atoms with E-state index in [1.54, 1.807) is 7.11 Å². The van der Waals surface area contributed by atoms with Crippen LogP contribution in [-0.2, 0) is 12.8 Å². The van der Waals surface area contributed by atoms with Crippen LogP contribution in [0.1, 0.15) is 36.8 Å². The lowest BCUT2D eigenvalue weighted by Gasteiger charge is -2.23. The van der Waals surface area contributed by atoms with Crippen molar-refractivity contribution in [3.05, 3.63) is 29.3 Å². The topological polar surface area (TPSA) is 12.5 Å². The van der Waals surface area contributed by atoms with Gasteiger partial charge in [0.2, 0.25) is 0 Å². The van der Waals surface area contributed by atoms with Gasteiger partial charge in [-0.3, -0.25) is 0 Å². The number of ether oxygens (including phenoxy) is 1. The summed E-state index contributed by atoms with van der Waals surface area (Å²) in [5.74, 6) is 1.97. The molecule has 1 heterocycles. The molecule has 1 aromatic rings. The van der Waals surface area contributed by atoms with Crippen molar-refractivity contribution in [3.8, 4) is 5.75 Å². The summed E-state index contributed by atoms with van der Waals surface area (Å²) in [6.45, 7) is 3.78. The number of benzene rings is 1. The Morgan fingerprint density at radius 3 is 2.58 bits per heavy atom. The molecule has 0 saturated heterocycles. The van der Waals surface area contributed by atoms with Crippen LogP contribution in [0.4, 0.5) is 0 Å². The predicted octanol–water partition coefficient (Wildman–Crippen LogP) is 3.29. The Kier molecular flexibility index (Phi) is 4.07. The zero-order chi connectivity index (χ0) is 13.1. The molecule has 1 aliphatic heterocycles. The number of hydrogen-bond donors (Lipinski definition) is 0. The van der Waals surface area contributed by atoms with E-state index in [-0.39, 0.29) is 0 Å². The molecule has 0 unspecified atom stereocenters. The van der Waals surface area contributed by atoms with E-state index in [9.17, 15) is 0 Å². The minimum atomic E-state index is 0.968. The third kappa shape index (κ3) is 3.11. The lowest BCUT2D eigenvalue weighted by Crippen LogP contribution is -2.31. The van der Waals surface area contributed by atoms with Crippen molar-refractivity contribution in [1.82, 2.24) is 4.90 Å². The van der Waals surface area contributed by atoms with E-state index in [4.69, 9.17) is 4.74 Å². The molecule has 0 amide bonds. The highest BCUT2D eigenvalue weighted by atomic mass is 16.5. The van der Waals surface area contributed by atoms with Crippen molar-refractivity contribution >= 4 is 0 Å². The van der Waals surface area contributed by atoms with Gasteiger partial charge in [0, 0.05) is 19.6 Å². The first-order chi connectivity index (χ1) is 9.35. The molecule has 0 N–H and O–H groups in total. The smallest absolute Gasteiger partial charge is 0.119 e. The normalized spacial score (nSPS) is 21.1. The van der Waals surface area contributed by atoms with E-state index >= 15 is 0 Å². The Morgan fingerprint density at radius 1 is 1.11 bits per heavy atom. The summed E-state index contributed by atoms with van der Waals surface area (Å²) in [5.41, 5.74) is 3.02. The molecule has 0 radical (unpaired) electrons. The first-order valence-corrected chi connectivity index (χ1v) is 7.73. The van der Waals surface area contributed by atoms with Crippen LogP contribution >= 0.6 is 0 Å². The quantitative estimate of drug-likeness (QED) is 0.826. The lowest BCUT2D eigenvalue weighted by atomic mass is 10.0. The van der Waals surface area contributed by atoms with Crippen LogP contribution in [0.25, 0.3) is 0 Å². The van der Waals surface area contributed by atoms with Crippen LogP contribution in [0.15, 0.2) is 18.2 Å². The van der Waals surface area contributed by atoms with Gasteiger partial charge in [0.15, 0.2) is 0 Å². The molecule has 0 bridgehead atoms. The van der Waals surface area contributed by atoms with Gasteiger partial charge in [-0.1, -0.05) is 18.9 Å². The Labute approximate surface area is 116 Å². The third-order valence-electron chi connectivity index (χ3n) is 4.80. The Bertz CT molecular complexity index is 423. The summed E-state index contributed by atoms with van der Waals surface area (Å²) >= 11 is 0. The standard InChI is InChI=1S/C17H25NO/c1-19-17-7-6-15-8-10-18(11-9-16(15)12-17)13-14-4-2-3-5-14/h6-7,12,14H,2-5,8-11,13H2,1H3. The van der Waals surface area contributed by atoms with Crippen LogP contribution in [0.2, 0.25) is 0 Å². The van der Waals surface area contributed by atoms with Crippen LogP contribution in [-0.4, -0.2) is 31.6 Å². The summed E-state index contributed by atoms with van der Waals surface area (Å²) in [7, 11) is 1.75. The molecule has 1 aromatic carbocycles. The molecular formula is C17H25NO. The molecule has 2 aliphatic rings. The predicted molar refractivity (Wildman–Crippen MR) is 78.8 cm³/mol. The number of fused-ring (bicyclic) bond motifs is 1. The van der Waals surface area contributed by atoms with Crippen molar-refractivity contribution in [2.45, 2.75) is 38.5 Å². The van der Waals surface area contributed by atoms with Gasteiger partial charge in [-0.2, -0.15) is 0 Å². The molecular weight excluding hydrogens is 234 g/mol. The molecule has 104 valence electrons. The van der Waals surface area contributed by atoms with E-state index in [1.165, 1.54) is 69.3 Å². The molecule has 19 heavy (non-hydrogen) atoms. The van der Waals surface area contributed by atoms with Gasteiger partial charge in [-0.15, -0.1) is 0 Å². The highest BCUT2D eigenvalue weighted by molar-refractivity contribution is 5.36. The fourth-order valence-corrected chi connectivity index (χ4v) is 3.62. The van der Waals surface area contributed by atoms with Gasteiger partial charge in [0.1, 0.15) is 5.75 Å². The first-order valence-electron chi connectivity index (χ1n) is 7.73. The van der Waals surface area contributed by atoms with Crippen LogP contribution < -0.4 is 4.74 Å². The third-order valence-corrected chi connectivity index (χ3v) is 4.80. The molecule has 1 aliphatic carbocycles. The van der Waals surface area contributed by atoms with Gasteiger partial charge in [-0.05, 0) is 54.9 Å². The van der Waals surface area contributed by atoms with E-state index in [0.717, 1.165) is 11.7 Å². The van der Waals surface area contributed by atoms with Crippen molar-refractivity contribution in [3.63, 3.8) is 0 Å². The van der Waals surface area contributed by atoms with Crippen molar-refractivity contribution in [2.24, 2.45) is 5.92 Å². The van der Waals surface area contributed by atoms with Crippen LogP contribution in [0, 0.1) is 5.92 Å². The molecule has 0 aromatic heterocycles. The molecule has 2 heteroatoms. The second-order valence-electron chi connectivity index (χ2n) is 6.09. The minimum absolute atomic E-state index is 0.968. The van der Waals surface area contributed by atoms with Crippen molar-refractivity contribution in [1.29, 1.82) is 0 Å². The number of methoxy groups -OCH3 is 1. The van der Waals surface area contributed by atoms with E-state index < -0.39 is 0 Å². The monoisotopic (exact) mass is 259 g/mol. The molecule has 0 atom stereocenters.